The van der Waals surface area contributed by atoms with E-state index in [-0.39, 0.29) is 6.42 Å². The molecule has 2 N–H and O–H groups in total. The van der Waals surface area contributed by atoms with Gasteiger partial charge in [-0.05, 0) is 37.0 Å². The normalized spacial score (nSPS) is 13.3. The van der Waals surface area contributed by atoms with Crippen molar-refractivity contribution in [2.24, 2.45) is 5.73 Å². The van der Waals surface area contributed by atoms with Crippen molar-refractivity contribution in [1.29, 1.82) is 0 Å². The SMILES string of the molecule is Cc1cc(CC(N)C(F)F)cc(C)c1Br. The van der Waals surface area contributed by atoms with E-state index in [1.807, 2.05) is 26.0 Å². The molecule has 0 radical (unpaired) electrons. The Hall–Kier alpha value is -0.480. The molecule has 0 amide bonds. The third-order valence-electron chi connectivity index (χ3n) is 2.29. The Morgan fingerprint density at radius 1 is 1.27 bits per heavy atom. The minimum atomic E-state index is -2.46. The van der Waals surface area contributed by atoms with E-state index in [1.165, 1.54) is 0 Å². The Bertz CT molecular complexity index is 329. The molecule has 0 bridgehead atoms. The summed E-state index contributed by atoms with van der Waals surface area (Å²) in [5, 5.41) is 0. The zero-order chi connectivity index (χ0) is 11.6. The molecule has 1 aromatic rings. The van der Waals surface area contributed by atoms with Gasteiger partial charge in [-0.2, -0.15) is 0 Å². The molecule has 0 saturated carbocycles. The summed E-state index contributed by atoms with van der Waals surface area (Å²) in [6, 6.07) is 2.70. The van der Waals surface area contributed by atoms with E-state index < -0.39 is 12.5 Å². The molecule has 1 atom stereocenters. The van der Waals surface area contributed by atoms with Crippen molar-refractivity contribution < 1.29 is 8.78 Å². The highest BCUT2D eigenvalue weighted by molar-refractivity contribution is 9.10. The van der Waals surface area contributed by atoms with Crippen LogP contribution in [0.5, 0.6) is 0 Å². The Morgan fingerprint density at radius 2 is 1.73 bits per heavy atom. The number of aryl methyl sites for hydroxylation is 2. The lowest BCUT2D eigenvalue weighted by molar-refractivity contribution is 0.116. The van der Waals surface area contributed by atoms with Gasteiger partial charge >= 0.3 is 0 Å². The van der Waals surface area contributed by atoms with Crippen LogP contribution in [0.15, 0.2) is 16.6 Å². The summed E-state index contributed by atoms with van der Waals surface area (Å²) >= 11 is 3.43. The van der Waals surface area contributed by atoms with Crippen molar-refractivity contribution in [2.45, 2.75) is 32.7 Å². The predicted molar refractivity (Wildman–Crippen MR) is 61.3 cm³/mol. The largest absolute Gasteiger partial charge is 0.323 e. The molecule has 15 heavy (non-hydrogen) atoms. The van der Waals surface area contributed by atoms with Crippen molar-refractivity contribution >= 4 is 15.9 Å². The number of nitrogens with two attached hydrogens (primary N) is 1. The standard InChI is InChI=1S/C11H14BrF2N/c1-6-3-8(4-7(2)10(6)12)5-9(15)11(13)14/h3-4,9,11H,5,15H2,1-2H3. The Kier molecular flexibility index (Phi) is 4.22. The molecule has 84 valence electrons. The molecular formula is C11H14BrF2N. The van der Waals surface area contributed by atoms with Gasteiger partial charge in [-0.25, -0.2) is 8.78 Å². The van der Waals surface area contributed by atoms with Crippen LogP contribution >= 0.6 is 15.9 Å². The van der Waals surface area contributed by atoms with E-state index in [0.29, 0.717) is 0 Å². The monoisotopic (exact) mass is 277 g/mol. The third kappa shape index (κ3) is 3.24. The molecule has 0 fully saturated rings. The second kappa shape index (κ2) is 5.03. The third-order valence-corrected chi connectivity index (χ3v) is 3.54. The van der Waals surface area contributed by atoms with Crippen LogP contribution in [0, 0.1) is 13.8 Å². The van der Waals surface area contributed by atoms with Gasteiger partial charge in [-0.15, -0.1) is 0 Å². The number of alkyl halides is 2. The fourth-order valence-electron chi connectivity index (χ4n) is 1.51. The molecule has 4 heteroatoms. The zero-order valence-electron chi connectivity index (χ0n) is 8.73. The quantitative estimate of drug-likeness (QED) is 0.902. The number of hydrogen-bond donors (Lipinski definition) is 1. The number of rotatable bonds is 3. The van der Waals surface area contributed by atoms with Crippen LogP contribution in [0.1, 0.15) is 16.7 Å². The Balaban J connectivity index is 2.88. The lowest BCUT2D eigenvalue weighted by Crippen LogP contribution is -2.30. The summed E-state index contributed by atoms with van der Waals surface area (Å²) in [6.45, 7) is 3.88. The van der Waals surface area contributed by atoms with E-state index in [9.17, 15) is 8.78 Å². The summed E-state index contributed by atoms with van der Waals surface area (Å²) in [6.07, 6.45) is -2.25. The second-order valence-corrected chi connectivity index (χ2v) is 4.54. The molecule has 0 aliphatic rings. The van der Waals surface area contributed by atoms with Crippen molar-refractivity contribution in [1.82, 2.24) is 0 Å². The number of halogens is 3. The minimum absolute atomic E-state index is 0.215. The van der Waals surface area contributed by atoms with E-state index in [4.69, 9.17) is 5.73 Å². The summed E-state index contributed by atoms with van der Waals surface area (Å²) < 4.78 is 25.5. The molecule has 1 nitrogen and oxygen atoms in total. The highest BCUT2D eigenvalue weighted by Gasteiger charge is 2.16. The maximum Gasteiger partial charge on any atom is 0.253 e. The zero-order valence-corrected chi connectivity index (χ0v) is 10.3. The van der Waals surface area contributed by atoms with Gasteiger partial charge in [0.05, 0.1) is 6.04 Å². The first-order valence-corrected chi connectivity index (χ1v) is 5.50. The molecule has 0 aromatic heterocycles. The number of benzene rings is 1. The molecule has 1 unspecified atom stereocenters. The molecule has 0 saturated heterocycles. The van der Waals surface area contributed by atoms with Crippen molar-refractivity contribution in [3.8, 4) is 0 Å². The number of hydrogen-bond acceptors (Lipinski definition) is 1. The van der Waals surface area contributed by atoms with E-state index in [1.54, 1.807) is 0 Å². The highest BCUT2D eigenvalue weighted by Crippen LogP contribution is 2.23. The molecule has 0 aliphatic carbocycles. The maximum atomic E-state index is 12.3. The Morgan fingerprint density at radius 3 is 2.13 bits per heavy atom. The highest BCUT2D eigenvalue weighted by atomic mass is 79.9. The smallest absolute Gasteiger partial charge is 0.253 e. The first-order chi connectivity index (χ1) is 6.91. The van der Waals surface area contributed by atoms with E-state index in [0.717, 1.165) is 21.2 Å². The van der Waals surface area contributed by atoms with Gasteiger partial charge < -0.3 is 5.73 Å². The second-order valence-electron chi connectivity index (χ2n) is 3.75. The van der Waals surface area contributed by atoms with Gasteiger partial charge in [0.15, 0.2) is 0 Å². The predicted octanol–water partition coefficient (Wildman–Crippen LogP) is 3.20. The maximum absolute atomic E-state index is 12.3. The lowest BCUT2D eigenvalue weighted by Gasteiger charge is -2.12. The molecule has 0 aliphatic heterocycles. The first-order valence-electron chi connectivity index (χ1n) is 4.71. The van der Waals surface area contributed by atoms with Crippen LogP contribution in [0.4, 0.5) is 8.78 Å². The minimum Gasteiger partial charge on any atom is -0.323 e. The van der Waals surface area contributed by atoms with Crippen LogP contribution in [0.3, 0.4) is 0 Å². The average Bonchev–Trinajstić information content (AvgIpc) is 2.13. The fraction of sp³-hybridized carbons (Fsp3) is 0.455. The first kappa shape index (κ1) is 12.6. The van der Waals surface area contributed by atoms with Crippen molar-refractivity contribution in [3.05, 3.63) is 33.3 Å². The fourth-order valence-corrected chi connectivity index (χ4v) is 1.74. The van der Waals surface area contributed by atoms with Crippen molar-refractivity contribution in [3.63, 3.8) is 0 Å². The van der Waals surface area contributed by atoms with Gasteiger partial charge in [0.1, 0.15) is 0 Å². The Labute approximate surface area is 96.8 Å². The van der Waals surface area contributed by atoms with Gasteiger partial charge in [-0.1, -0.05) is 28.1 Å². The van der Waals surface area contributed by atoms with Gasteiger partial charge in [0.2, 0.25) is 0 Å². The van der Waals surface area contributed by atoms with E-state index >= 15 is 0 Å². The van der Waals surface area contributed by atoms with Crippen LogP contribution < -0.4 is 5.73 Å². The summed E-state index contributed by atoms with van der Waals surface area (Å²) in [5.74, 6) is 0. The summed E-state index contributed by atoms with van der Waals surface area (Å²) in [4.78, 5) is 0. The summed E-state index contributed by atoms with van der Waals surface area (Å²) in [5.41, 5.74) is 8.28. The van der Waals surface area contributed by atoms with Gasteiger partial charge in [0.25, 0.3) is 6.43 Å². The molecular weight excluding hydrogens is 264 g/mol. The molecule has 1 aromatic carbocycles. The van der Waals surface area contributed by atoms with Crippen LogP contribution in [-0.4, -0.2) is 12.5 Å². The molecule has 0 heterocycles. The average molecular weight is 278 g/mol. The van der Waals surface area contributed by atoms with Gasteiger partial charge in [0, 0.05) is 4.47 Å². The van der Waals surface area contributed by atoms with E-state index in [2.05, 4.69) is 15.9 Å². The van der Waals surface area contributed by atoms with Gasteiger partial charge in [-0.3, -0.25) is 0 Å². The lowest BCUT2D eigenvalue weighted by atomic mass is 10.0. The van der Waals surface area contributed by atoms with Crippen molar-refractivity contribution in [2.75, 3.05) is 0 Å². The van der Waals surface area contributed by atoms with Crippen LogP contribution in [0.2, 0.25) is 0 Å². The van der Waals surface area contributed by atoms with Crippen LogP contribution in [-0.2, 0) is 6.42 Å². The topological polar surface area (TPSA) is 26.0 Å². The summed E-state index contributed by atoms with van der Waals surface area (Å²) in [7, 11) is 0. The molecule has 1 rings (SSSR count). The van der Waals surface area contributed by atoms with Crippen LogP contribution in [0.25, 0.3) is 0 Å². The molecule has 0 spiro atoms.